The molecule has 0 aromatic carbocycles. The second-order valence-corrected chi connectivity index (χ2v) is 5.33. The van der Waals surface area contributed by atoms with E-state index in [-0.39, 0.29) is 0 Å². The lowest BCUT2D eigenvalue weighted by Crippen LogP contribution is -2.34. The summed E-state index contributed by atoms with van der Waals surface area (Å²) in [7, 11) is 1.93. The molecule has 2 atom stereocenters. The Morgan fingerprint density at radius 3 is 3.06 bits per heavy atom. The zero-order valence-corrected chi connectivity index (χ0v) is 10.5. The first-order valence-electron chi connectivity index (χ1n) is 6.63. The number of hydrogen-bond acceptors (Lipinski definition) is 4. The second kappa shape index (κ2) is 4.74. The molecule has 1 saturated carbocycles. The fourth-order valence-electron chi connectivity index (χ4n) is 3.24. The first kappa shape index (κ1) is 11.2. The number of fused-ring (bicyclic) bond motifs is 2. The van der Waals surface area contributed by atoms with Gasteiger partial charge in [-0.25, -0.2) is 0 Å². The Hall–Kier alpha value is -0.940. The maximum Gasteiger partial charge on any atom is 0.0964 e. The van der Waals surface area contributed by atoms with Crippen molar-refractivity contribution in [1.29, 1.82) is 0 Å². The van der Waals surface area contributed by atoms with Crippen molar-refractivity contribution in [2.75, 3.05) is 20.1 Å². The monoisotopic (exact) mass is 235 g/mol. The maximum absolute atomic E-state index is 4.16. The predicted molar refractivity (Wildman–Crippen MR) is 65.5 cm³/mol. The maximum atomic E-state index is 4.16. The molecule has 0 amide bonds. The van der Waals surface area contributed by atoms with E-state index < -0.39 is 0 Å². The van der Waals surface area contributed by atoms with Crippen LogP contribution in [-0.4, -0.2) is 46.1 Å². The number of aromatic nitrogens is 3. The molecule has 1 N–H and O–H groups in total. The summed E-state index contributed by atoms with van der Waals surface area (Å²) in [6.45, 7) is 4.21. The number of nitrogens with zero attached hydrogens (tertiary/aromatic N) is 4. The minimum atomic E-state index is 0.800. The predicted octanol–water partition coefficient (Wildman–Crippen LogP) is 0.482. The van der Waals surface area contributed by atoms with Crippen molar-refractivity contribution in [3.63, 3.8) is 0 Å². The van der Waals surface area contributed by atoms with Crippen LogP contribution in [0.2, 0.25) is 0 Å². The van der Waals surface area contributed by atoms with E-state index in [4.69, 9.17) is 0 Å². The van der Waals surface area contributed by atoms with Crippen molar-refractivity contribution >= 4 is 0 Å². The van der Waals surface area contributed by atoms with Crippen molar-refractivity contribution in [1.82, 2.24) is 25.2 Å². The summed E-state index contributed by atoms with van der Waals surface area (Å²) in [6, 6.07) is 0.861. The van der Waals surface area contributed by atoms with E-state index in [1.54, 1.807) is 0 Å². The third-order valence-corrected chi connectivity index (χ3v) is 4.08. The number of hydrogen-bond donors (Lipinski definition) is 1. The average molecular weight is 235 g/mol. The molecule has 2 bridgehead atoms. The van der Waals surface area contributed by atoms with Crippen LogP contribution in [0, 0.1) is 5.92 Å². The van der Waals surface area contributed by atoms with Crippen LogP contribution in [0.3, 0.4) is 0 Å². The molecule has 2 unspecified atom stereocenters. The van der Waals surface area contributed by atoms with Crippen molar-refractivity contribution < 1.29 is 0 Å². The zero-order chi connectivity index (χ0) is 11.7. The van der Waals surface area contributed by atoms with Crippen LogP contribution in [-0.2, 0) is 13.1 Å². The van der Waals surface area contributed by atoms with E-state index in [1.165, 1.54) is 25.8 Å². The average Bonchev–Trinajstić information content (AvgIpc) is 3.02. The van der Waals surface area contributed by atoms with Gasteiger partial charge in [0.25, 0.3) is 0 Å². The van der Waals surface area contributed by atoms with Crippen LogP contribution < -0.4 is 5.32 Å². The molecule has 1 aliphatic heterocycles. The molecule has 1 saturated heterocycles. The smallest absolute Gasteiger partial charge is 0.0964 e. The van der Waals surface area contributed by atoms with Gasteiger partial charge in [-0.1, -0.05) is 5.21 Å². The Kier molecular flexibility index (Phi) is 3.11. The van der Waals surface area contributed by atoms with E-state index in [2.05, 4.69) is 20.5 Å². The van der Waals surface area contributed by atoms with Crippen molar-refractivity contribution in [3.8, 4) is 0 Å². The Bertz CT molecular complexity index is 375. The third kappa shape index (κ3) is 2.35. The van der Waals surface area contributed by atoms with E-state index >= 15 is 0 Å². The third-order valence-electron chi connectivity index (χ3n) is 4.08. The normalized spacial score (nSPS) is 28.1. The summed E-state index contributed by atoms with van der Waals surface area (Å²) in [4.78, 5) is 2.63. The molecule has 0 spiro atoms. The minimum absolute atomic E-state index is 0.800. The van der Waals surface area contributed by atoms with E-state index in [0.717, 1.165) is 37.3 Å². The van der Waals surface area contributed by atoms with Gasteiger partial charge in [0.1, 0.15) is 0 Å². The summed E-state index contributed by atoms with van der Waals surface area (Å²) in [6.07, 6.45) is 6.34. The van der Waals surface area contributed by atoms with Gasteiger partial charge in [0.2, 0.25) is 0 Å². The molecule has 2 heterocycles. The van der Waals surface area contributed by atoms with Crippen molar-refractivity contribution in [2.45, 2.75) is 38.4 Å². The summed E-state index contributed by atoms with van der Waals surface area (Å²) >= 11 is 0. The fraction of sp³-hybridized carbons (Fsp3) is 0.833. The molecule has 5 nitrogen and oxygen atoms in total. The summed E-state index contributed by atoms with van der Waals surface area (Å²) in [5.41, 5.74) is 1.02. The van der Waals surface area contributed by atoms with Crippen LogP contribution in [0.4, 0.5) is 0 Å². The van der Waals surface area contributed by atoms with E-state index in [1.807, 2.05) is 17.9 Å². The highest BCUT2D eigenvalue weighted by Crippen LogP contribution is 2.36. The van der Waals surface area contributed by atoms with Crippen LogP contribution in [0.1, 0.15) is 25.0 Å². The molecule has 5 heteroatoms. The molecule has 2 aliphatic rings. The topological polar surface area (TPSA) is 46.0 Å². The highest BCUT2D eigenvalue weighted by atomic mass is 15.4. The molecule has 1 aliphatic carbocycles. The molecule has 94 valence electrons. The van der Waals surface area contributed by atoms with Gasteiger partial charge in [-0.2, -0.15) is 0 Å². The molecular weight excluding hydrogens is 214 g/mol. The van der Waals surface area contributed by atoms with Gasteiger partial charge < -0.3 is 5.32 Å². The largest absolute Gasteiger partial charge is 0.314 e. The van der Waals surface area contributed by atoms with Crippen LogP contribution in [0.15, 0.2) is 6.20 Å². The lowest BCUT2D eigenvalue weighted by atomic mass is 10.1. The molecule has 1 aromatic heterocycles. The Labute approximate surface area is 102 Å². The van der Waals surface area contributed by atoms with E-state index in [0.29, 0.717) is 0 Å². The zero-order valence-electron chi connectivity index (χ0n) is 10.5. The second-order valence-electron chi connectivity index (χ2n) is 5.33. The molecule has 1 aromatic rings. The van der Waals surface area contributed by atoms with Crippen LogP contribution in [0.5, 0.6) is 0 Å². The summed E-state index contributed by atoms with van der Waals surface area (Å²) in [5, 5.41) is 11.4. The standard InChI is InChI=1S/C12H21N5/c1-13-7-11-9-17(15-14-11)5-4-16-8-10-2-3-12(16)6-10/h9-10,12-13H,2-8H2,1H3. The van der Waals surface area contributed by atoms with Gasteiger partial charge in [0.05, 0.1) is 12.2 Å². The van der Waals surface area contributed by atoms with Gasteiger partial charge in [-0.15, -0.1) is 5.10 Å². The quantitative estimate of drug-likeness (QED) is 0.806. The summed E-state index contributed by atoms with van der Waals surface area (Å²) in [5.74, 6) is 0.982. The molecule has 17 heavy (non-hydrogen) atoms. The Balaban J connectivity index is 1.50. The molecule has 2 fully saturated rings. The number of piperidine rings is 1. The van der Waals surface area contributed by atoms with Gasteiger partial charge in [0.15, 0.2) is 0 Å². The fourth-order valence-corrected chi connectivity index (χ4v) is 3.24. The first-order valence-corrected chi connectivity index (χ1v) is 6.63. The van der Waals surface area contributed by atoms with Crippen molar-refractivity contribution in [2.24, 2.45) is 5.92 Å². The first-order chi connectivity index (χ1) is 8.35. The van der Waals surface area contributed by atoms with Gasteiger partial charge in [0, 0.05) is 31.9 Å². The van der Waals surface area contributed by atoms with E-state index in [9.17, 15) is 0 Å². The SMILES string of the molecule is CNCc1cn(CCN2CC3CCC2C3)nn1. The highest BCUT2D eigenvalue weighted by Gasteiger charge is 2.37. The lowest BCUT2D eigenvalue weighted by Gasteiger charge is -2.26. The Morgan fingerprint density at radius 2 is 2.35 bits per heavy atom. The lowest BCUT2D eigenvalue weighted by molar-refractivity contribution is 0.203. The van der Waals surface area contributed by atoms with Crippen molar-refractivity contribution in [3.05, 3.63) is 11.9 Å². The minimum Gasteiger partial charge on any atom is -0.314 e. The van der Waals surface area contributed by atoms with Gasteiger partial charge in [-0.3, -0.25) is 9.58 Å². The highest BCUT2D eigenvalue weighted by molar-refractivity contribution is 4.93. The number of likely N-dealkylation sites (tertiary alicyclic amines) is 1. The van der Waals surface area contributed by atoms with Gasteiger partial charge >= 0.3 is 0 Å². The van der Waals surface area contributed by atoms with Gasteiger partial charge in [-0.05, 0) is 32.2 Å². The molecular formula is C12H21N5. The molecule has 0 radical (unpaired) electrons. The Morgan fingerprint density at radius 1 is 1.41 bits per heavy atom. The van der Waals surface area contributed by atoms with Crippen LogP contribution in [0.25, 0.3) is 0 Å². The van der Waals surface area contributed by atoms with Crippen LogP contribution >= 0.6 is 0 Å². The molecule has 3 rings (SSSR count). The number of rotatable bonds is 5. The number of nitrogens with one attached hydrogen (secondary N) is 1. The summed E-state index contributed by atoms with van der Waals surface area (Å²) < 4.78 is 1.97.